The lowest BCUT2D eigenvalue weighted by atomic mass is 9.62. The first-order valence-electron chi connectivity index (χ1n) is 51.4. The number of carbonyl (C=O) groups excluding carboxylic acids is 15. The summed E-state index contributed by atoms with van der Waals surface area (Å²) in [6, 6.07) is 8.38. The van der Waals surface area contributed by atoms with Crippen molar-refractivity contribution in [1.29, 1.82) is 0 Å². The summed E-state index contributed by atoms with van der Waals surface area (Å²) in [5.74, 6) is -4.78. The van der Waals surface area contributed by atoms with E-state index in [1.165, 1.54) is 24.3 Å². The molecule has 142 heavy (non-hydrogen) atoms. The summed E-state index contributed by atoms with van der Waals surface area (Å²) in [6.07, 6.45) is 13.9. The van der Waals surface area contributed by atoms with Crippen LogP contribution in [0.2, 0.25) is 0 Å². The lowest BCUT2D eigenvalue weighted by Gasteiger charge is -2.46. The molecule has 4 amide bonds. The van der Waals surface area contributed by atoms with Crippen molar-refractivity contribution in [3.8, 4) is 11.5 Å². The topological polar surface area (TPSA) is 488 Å². The van der Waals surface area contributed by atoms with Gasteiger partial charge in [-0.05, 0) is 268 Å². The highest BCUT2D eigenvalue weighted by Gasteiger charge is 2.44. The van der Waals surface area contributed by atoms with Gasteiger partial charge >= 0.3 is 84.1 Å². The number of unbranched alkanes of at least 4 members (excludes halogenated alkanes) is 12. The van der Waals surface area contributed by atoms with Gasteiger partial charge in [-0.15, -0.1) is 0 Å². The zero-order valence-corrected chi connectivity index (χ0v) is 87.1. The fourth-order valence-electron chi connectivity index (χ4n) is 18.3. The van der Waals surface area contributed by atoms with Crippen molar-refractivity contribution in [2.45, 2.75) is 313 Å². The average Bonchev–Trinajstić information content (AvgIpc) is 0.798. The number of alkyl carbamates (subject to hydrolysis) is 2. The second kappa shape index (κ2) is 70.4. The van der Waals surface area contributed by atoms with Crippen molar-refractivity contribution >= 4 is 89.8 Å². The molecule has 2 aromatic rings. The van der Waals surface area contributed by atoms with Gasteiger partial charge < -0.3 is 119 Å². The number of ketones is 1. The van der Waals surface area contributed by atoms with Crippen molar-refractivity contribution in [3.05, 3.63) is 59.7 Å². The van der Waals surface area contributed by atoms with Gasteiger partial charge in [0.15, 0.2) is 5.78 Å². The molecule has 804 valence electrons. The number of hydrogen-bond donors (Lipinski definition) is 8. The van der Waals surface area contributed by atoms with Crippen LogP contribution in [-0.2, 0) is 105 Å². The molecule has 0 aliphatic heterocycles. The van der Waals surface area contributed by atoms with Gasteiger partial charge in [-0.3, -0.25) is 52.7 Å². The van der Waals surface area contributed by atoms with E-state index in [1.807, 2.05) is 13.8 Å². The van der Waals surface area contributed by atoms with Gasteiger partial charge in [0.1, 0.15) is 62.1 Å². The molecule has 2 saturated carbocycles. The third kappa shape index (κ3) is 54.9. The fourth-order valence-corrected chi connectivity index (χ4v) is 18.3. The Bertz CT molecular complexity index is 3740. The molecule has 0 heterocycles. The maximum atomic E-state index is 13.7. The van der Waals surface area contributed by atoms with E-state index >= 15 is 0 Å². The van der Waals surface area contributed by atoms with Crippen LogP contribution in [0, 0.1) is 21.7 Å². The molecule has 8 atom stereocenters. The first kappa shape index (κ1) is 124. The second-order valence-corrected chi connectivity index (χ2v) is 38.3. The summed E-state index contributed by atoms with van der Waals surface area (Å²) in [5.41, 5.74) is -0.820. The molecule has 8 unspecified atom stereocenters. The normalized spacial score (nSPS) is 17.1. The number of nitrogens with zero attached hydrogens (tertiary/aromatic N) is 2. The van der Waals surface area contributed by atoms with Crippen LogP contribution in [0.15, 0.2) is 48.5 Å². The Balaban J connectivity index is 1.19. The van der Waals surface area contributed by atoms with Gasteiger partial charge in [0.2, 0.25) is 0 Å². The van der Waals surface area contributed by atoms with Crippen LogP contribution in [0.4, 0.5) is 19.2 Å². The molecule has 8 N–H and O–H groups in total. The highest BCUT2D eigenvalue weighted by Crippen LogP contribution is 2.47. The summed E-state index contributed by atoms with van der Waals surface area (Å²) >= 11 is 0. The van der Waals surface area contributed by atoms with Gasteiger partial charge in [0.25, 0.3) is 0 Å². The van der Waals surface area contributed by atoms with E-state index < -0.39 is 119 Å². The smallest absolute Gasteiger partial charge is 0.412 e. The van der Waals surface area contributed by atoms with Gasteiger partial charge in [-0.2, -0.15) is 0 Å². The largest absolute Gasteiger partial charge is 0.466 e. The highest BCUT2D eigenvalue weighted by molar-refractivity contribution is 6.09. The first-order valence-corrected chi connectivity index (χ1v) is 51.4. The summed E-state index contributed by atoms with van der Waals surface area (Å²) in [5, 5.41) is 24.3. The zero-order valence-electron chi connectivity index (χ0n) is 87.1. The molecular formula is C103H168N10O29. The van der Waals surface area contributed by atoms with Gasteiger partial charge in [-0.1, -0.05) is 92.9 Å². The summed E-state index contributed by atoms with van der Waals surface area (Å²) in [7, 11) is 0. The number of amides is 4. The fraction of sp³-hybridized carbons (Fsp3) is 0.738. The molecule has 0 aromatic heterocycles. The Morgan fingerprint density at radius 1 is 0.303 bits per heavy atom. The molecule has 0 radical (unpaired) electrons. The summed E-state index contributed by atoms with van der Waals surface area (Å²) < 4.78 is 74.1. The van der Waals surface area contributed by atoms with Crippen LogP contribution in [0.3, 0.4) is 0 Å². The highest BCUT2D eigenvalue weighted by atomic mass is 16.6. The average molecular weight is 2010 g/mol. The van der Waals surface area contributed by atoms with Crippen molar-refractivity contribution < 1.29 is 138 Å². The maximum Gasteiger partial charge on any atom is 0.412 e. The third-order valence-corrected chi connectivity index (χ3v) is 24.1. The quantitative estimate of drug-likeness (QED) is 0.0132. The summed E-state index contributed by atoms with van der Waals surface area (Å²) in [4.78, 5) is 196. The molecule has 2 aromatic carbocycles. The van der Waals surface area contributed by atoms with Gasteiger partial charge in [-0.25, -0.2) is 19.2 Å². The van der Waals surface area contributed by atoms with E-state index in [9.17, 15) is 71.9 Å². The zero-order chi connectivity index (χ0) is 105. The van der Waals surface area contributed by atoms with Crippen LogP contribution in [0.25, 0.3) is 0 Å². The van der Waals surface area contributed by atoms with Crippen molar-refractivity contribution in [2.24, 2.45) is 21.7 Å². The van der Waals surface area contributed by atoms with Crippen LogP contribution in [-0.4, -0.2) is 294 Å². The van der Waals surface area contributed by atoms with Gasteiger partial charge in [0.05, 0.1) is 91.4 Å². The standard InChI is InChI=1S/C103H168N10O29/c1-15-129-87(116)63-81(92(121)133-19-5)104-49-31-23-27-35-53-112(54-36-28-24-32-50-105-82(93(122)134-20-6)64-88(117)130-16-2)57-47-85(114)137-59-61-139-96(125)108-73-102(13)69-77(67-100(9,10)71-102)110-98(127)141-79-43-39-75(40-44-79)91(120)76-41-45-80(46-42-76)142-99(128)111-78-68-101(11,12)72-103(14,70-78)74-109-97(126)140-62-60-138-86(115)48-58-113(55-37-29-25-33-51-106-83(94(123)135-21-7)65-89(118)131-17-3)56-38-30-26-34-52-107-84(95(124)136-22-8)66-90(119)132-18-4/h39-46,77-78,81-84,104-107H,15-38,47-74H2,1-14H3,(H,108,125)(H,109,126)(H,110,127)(H,111,128). The molecule has 0 saturated heterocycles. The number of hydrogen-bond acceptors (Lipinski definition) is 35. The molecule has 2 aliphatic carbocycles. The Morgan fingerprint density at radius 3 is 0.831 bits per heavy atom. The van der Waals surface area contributed by atoms with Crippen LogP contribution in [0.1, 0.15) is 293 Å². The molecule has 39 heteroatoms. The lowest BCUT2D eigenvalue weighted by Crippen LogP contribution is -2.51. The Hall–Kier alpha value is -10.4. The van der Waals surface area contributed by atoms with Crippen LogP contribution >= 0.6 is 0 Å². The molecule has 39 nitrogen and oxygen atoms in total. The molecule has 2 fully saturated rings. The van der Waals surface area contributed by atoms with Crippen molar-refractivity contribution in [1.82, 2.24) is 52.3 Å². The van der Waals surface area contributed by atoms with E-state index in [-0.39, 0.29) is 171 Å². The number of carbonyl (C=O) groups is 15. The Morgan fingerprint density at radius 2 is 0.563 bits per heavy atom. The predicted molar refractivity (Wildman–Crippen MR) is 529 cm³/mol. The molecular weight excluding hydrogens is 1840 g/mol. The third-order valence-electron chi connectivity index (χ3n) is 24.1. The maximum absolute atomic E-state index is 13.7. The number of esters is 10. The number of benzene rings is 2. The number of rotatable bonds is 74. The Kier molecular flexibility index (Phi) is 61.4. The summed E-state index contributed by atoms with van der Waals surface area (Å²) in [6.45, 7) is 33.2. The van der Waals surface area contributed by atoms with Gasteiger partial charge in [0, 0.05) is 49.4 Å². The van der Waals surface area contributed by atoms with Crippen molar-refractivity contribution in [2.75, 3.05) is 158 Å². The Labute approximate surface area is 840 Å². The first-order chi connectivity index (χ1) is 67.9. The monoisotopic (exact) mass is 2010 g/mol. The van der Waals surface area contributed by atoms with Crippen molar-refractivity contribution in [3.63, 3.8) is 0 Å². The molecule has 0 bridgehead atoms. The number of nitrogens with one attached hydrogen (secondary N) is 8. The predicted octanol–water partition coefficient (Wildman–Crippen LogP) is 12.3. The number of ether oxygens (including phenoxy) is 14. The van der Waals surface area contributed by atoms with Crippen LogP contribution in [0.5, 0.6) is 11.5 Å². The minimum absolute atomic E-state index is 0.105. The molecule has 0 spiro atoms. The van der Waals surface area contributed by atoms with E-state index in [0.29, 0.717) is 76.1 Å². The molecule has 4 rings (SSSR count). The molecule has 2 aliphatic rings. The van der Waals surface area contributed by atoms with E-state index in [4.69, 9.17) is 66.3 Å². The van der Waals surface area contributed by atoms with Crippen LogP contribution < -0.4 is 52.0 Å². The van der Waals surface area contributed by atoms with E-state index in [0.717, 1.165) is 142 Å². The van der Waals surface area contributed by atoms with E-state index in [2.05, 4.69) is 80.0 Å². The lowest BCUT2D eigenvalue weighted by molar-refractivity contribution is -0.152. The second-order valence-electron chi connectivity index (χ2n) is 38.3. The van der Waals surface area contributed by atoms with E-state index in [1.54, 1.807) is 79.7 Å². The SMILES string of the molecule is CCOC(=O)CC(NCCCCCCN(CCCCCCNC(CC(=O)OCC)C(=O)OCC)CCC(=O)OCCOC(=O)NCC1(C)CC(NC(=O)Oc2ccc(C(=O)c3ccc(OC(=O)NC4CC(C)(C)CC(C)(CNC(=O)OCCOC(=O)CCN(CCCCCCNC(CC(=O)OCC)C(=O)OCC)CCCCCCNC(CC(=O)OCC)C(=O)OCC)C4)cc3)cc2)CC(C)(C)C1)C(=O)OCC. The minimum Gasteiger partial charge on any atom is -0.466 e. The minimum atomic E-state index is -0.803.